The smallest absolute Gasteiger partial charge is 0.167 e. The topological polar surface area (TPSA) is 61.3 Å². The Morgan fingerprint density at radius 2 is 2.23 bits per heavy atom. The van der Waals surface area contributed by atoms with Gasteiger partial charge in [0, 0.05) is 18.3 Å². The van der Waals surface area contributed by atoms with Crippen LogP contribution in [0.15, 0.2) is 18.2 Å². The van der Waals surface area contributed by atoms with Gasteiger partial charge in [-0.05, 0) is 19.1 Å². The molecule has 1 atom stereocenters. The Bertz CT molecular complexity index is 291. The summed E-state index contributed by atoms with van der Waals surface area (Å²) in [7, 11) is 0. The lowest BCUT2D eigenvalue weighted by molar-refractivity contribution is 0.219. The fourth-order valence-corrected chi connectivity index (χ4v) is 0.878. The summed E-state index contributed by atoms with van der Waals surface area (Å²) in [5.74, 6) is -0.271. The van der Waals surface area contributed by atoms with Crippen LogP contribution in [0.2, 0.25) is 0 Å². The second-order valence-electron chi connectivity index (χ2n) is 2.85. The van der Waals surface area contributed by atoms with Crippen molar-refractivity contribution in [3.8, 4) is 5.75 Å². The molecule has 3 nitrogen and oxygen atoms in total. The summed E-state index contributed by atoms with van der Waals surface area (Å²) >= 11 is 0. The fourth-order valence-electron chi connectivity index (χ4n) is 0.878. The first-order valence-corrected chi connectivity index (χ1v) is 4.05. The molecule has 4 heteroatoms. The lowest BCUT2D eigenvalue weighted by Gasteiger charge is -2.12. The van der Waals surface area contributed by atoms with Crippen LogP contribution in [-0.4, -0.2) is 12.6 Å². The number of anilines is 1. The number of benzene rings is 1. The molecule has 0 aliphatic heterocycles. The van der Waals surface area contributed by atoms with E-state index in [0.29, 0.717) is 12.2 Å². The third kappa shape index (κ3) is 2.59. The molecule has 0 amide bonds. The number of nitrogens with two attached hydrogens (primary N) is 2. The van der Waals surface area contributed by atoms with Crippen LogP contribution in [-0.2, 0) is 0 Å². The predicted molar refractivity (Wildman–Crippen MR) is 50.0 cm³/mol. The Morgan fingerprint density at radius 1 is 1.54 bits per heavy atom. The van der Waals surface area contributed by atoms with Gasteiger partial charge in [-0.1, -0.05) is 0 Å². The van der Waals surface area contributed by atoms with Gasteiger partial charge in [-0.15, -0.1) is 0 Å². The Morgan fingerprint density at radius 3 is 2.77 bits per heavy atom. The third-order valence-corrected chi connectivity index (χ3v) is 1.62. The van der Waals surface area contributed by atoms with Gasteiger partial charge in [-0.25, -0.2) is 4.39 Å². The van der Waals surface area contributed by atoms with Gasteiger partial charge in [-0.3, -0.25) is 0 Å². The maximum Gasteiger partial charge on any atom is 0.167 e. The summed E-state index contributed by atoms with van der Waals surface area (Å²) in [5.41, 5.74) is 11.1. The molecule has 0 spiro atoms. The van der Waals surface area contributed by atoms with Gasteiger partial charge in [0.25, 0.3) is 0 Å². The van der Waals surface area contributed by atoms with Crippen molar-refractivity contribution < 1.29 is 9.13 Å². The molecule has 0 aliphatic rings. The Hall–Kier alpha value is -1.29. The van der Waals surface area contributed by atoms with Crippen LogP contribution in [0, 0.1) is 5.82 Å². The average molecular weight is 184 g/mol. The highest BCUT2D eigenvalue weighted by Gasteiger charge is 2.06. The zero-order chi connectivity index (χ0) is 9.84. The van der Waals surface area contributed by atoms with Crippen molar-refractivity contribution in [3.63, 3.8) is 0 Å². The van der Waals surface area contributed by atoms with Gasteiger partial charge < -0.3 is 16.2 Å². The van der Waals surface area contributed by atoms with Crippen molar-refractivity contribution in [3.05, 3.63) is 24.0 Å². The minimum Gasteiger partial charge on any atom is -0.486 e. The quantitative estimate of drug-likeness (QED) is 0.692. The Kier molecular flexibility index (Phi) is 3.08. The van der Waals surface area contributed by atoms with E-state index >= 15 is 0 Å². The third-order valence-electron chi connectivity index (χ3n) is 1.62. The van der Waals surface area contributed by atoms with Crippen LogP contribution >= 0.6 is 0 Å². The first kappa shape index (κ1) is 9.80. The van der Waals surface area contributed by atoms with Crippen LogP contribution in [0.4, 0.5) is 10.1 Å². The normalized spacial score (nSPS) is 12.5. The zero-order valence-corrected chi connectivity index (χ0v) is 7.46. The summed E-state index contributed by atoms with van der Waals surface area (Å²) in [6.45, 7) is 2.12. The van der Waals surface area contributed by atoms with Crippen molar-refractivity contribution in [2.24, 2.45) is 5.73 Å². The van der Waals surface area contributed by atoms with Crippen LogP contribution < -0.4 is 16.2 Å². The molecule has 13 heavy (non-hydrogen) atoms. The van der Waals surface area contributed by atoms with E-state index in [1.807, 2.05) is 0 Å². The van der Waals surface area contributed by atoms with Gasteiger partial charge in [0.15, 0.2) is 11.6 Å². The maximum absolute atomic E-state index is 13.1. The molecule has 0 bridgehead atoms. The Labute approximate surface area is 76.5 Å². The van der Waals surface area contributed by atoms with E-state index in [-0.39, 0.29) is 11.9 Å². The number of rotatable bonds is 3. The molecule has 0 saturated carbocycles. The molecule has 0 aliphatic carbocycles. The van der Waals surface area contributed by atoms with Crippen molar-refractivity contribution in [2.45, 2.75) is 13.0 Å². The van der Waals surface area contributed by atoms with Crippen molar-refractivity contribution in [2.75, 3.05) is 12.3 Å². The molecule has 0 heterocycles. The highest BCUT2D eigenvalue weighted by Crippen LogP contribution is 2.20. The van der Waals surface area contributed by atoms with E-state index in [1.54, 1.807) is 13.0 Å². The van der Waals surface area contributed by atoms with E-state index in [2.05, 4.69) is 0 Å². The number of ether oxygens (including phenoxy) is 1. The van der Waals surface area contributed by atoms with Crippen molar-refractivity contribution in [1.82, 2.24) is 0 Å². The van der Waals surface area contributed by atoms with Crippen LogP contribution in [0.25, 0.3) is 0 Å². The first-order valence-electron chi connectivity index (χ1n) is 4.05. The molecule has 72 valence electrons. The molecule has 4 N–H and O–H groups in total. The first-order chi connectivity index (χ1) is 6.13. The fraction of sp³-hybridized carbons (Fsp3) is 0.333. The number of nitrogen functional groups attached to an aromatic ring is 1. The predicted octanol–water partition coefficient (Wildman–Crippen LogP) is 1.13. The van der Waals surface area contributed by atoms with Crippen LogP contribution in [0.5, 0.6) is 5.75 Å². The van der Waals surface area contributed by atoms with Gasteiger partial charge in [0.05, 0.1) is 0 Å². The molecule has 0 saturated heterocycles. The highest BCUT2D eigenvalue weighted by molar-refractivity contribution is 5.42. The molecule has 0 aromatic heterocycles. The van der Waals surface area contributed by atoms with E-state index in [4.69, 9.17) is 16.2 Å². The molecule has 0 radical (unpaired) electrons. The number of hydrogen-bond acceptors (Lipinski definition) is 3. The molecule has 1 aromatic carbocycles. The van der Waals surface area contributed by atoms with Gasteiger partial charge in [-0.2, -0.15) is 0 Å². The molecule has 1 rings (SSSR count). The molecular weight excluding hydrogens is 171 g/mol. The summed E-state index contributed by atoms with van der Waals surface area (Å²) in [4.78, 5) is 0. The highest BCUT2D eigenvalue weighted by atomic mass is 19.1. The molecule has 1 unspecified atom stereocenters. The summed E-state index contributed by atoms with van der Waals surface area (Å²) in [6, 6.07) is 4.30. The summed E-state index contributed by atoms with van der Waals surface area (Å²) in [5, 5.41) is 0. The zero-order valence-electron chi connectivity index (χ0n) is 7.46. The minimum absolute atomic E-state index is 0.187. The summed E-state index contributed by atoms with van der Waals surface area (Å²) < 4.78 is 18.3. The van der Waals surface area contributed by atoms with E-state index in [0.717, 1.165) is 0 Å². The lowest BCUT2D eigenvalue weighted by atomic mass is 10.3. The van der Waals surface area contributed by atoms with Gasteiger partial charge >= 0.3 is 0 Å². The second kappa shape index (κ2) is 4.09. The van der Waals surface area contributed by atoms with E-state index in [1.165, 1.54) is 12.1 Å². The number of hydrogen-bond donors (Lipinski definition) is 2. The van der Waals surface area contributed by atoms with Crippen molar-refractivity contribution in [1.29, 1.82) is 0 Å². The van der Waals surface area contributed by atoms with Crippen LogP contribution in [0.1, 0.15) is 6.92 Å². The van der Waals surface area contributed by atoms with E-state index in [9.17, 15) is 4.39 Å². The van der Waals surface area contributed by atoms with E-state index < -0.39 is 5.82 Å². The second-order valence-corrected chi connectivity index (χ2v) is 2.85. The molecular formula is C9H13FN2O. The molecule has 1 aromatic rings. The molecule has 0 fully saturated rings. The monoisotopic (exact) mass is 184 g/mol. The SMILES string of the molecule is CC(CN)Oc1ccc(N)cc1F. The Balaban J connectivity index is 2.77. The standard InChI is InChI=1S/C9H13FN2O/c1-6(5-11)13-9-3-2-7(12)4-8(9)10/h2-4,6H,5,11-12H2,1H3. The number of halogens is 1. The maximum atomic E-state index is 13.1. The van der Waals surface area contributed by atoms with Crippen LogP contribution in [0.3, 0.4) is 0 Å². The largest absolute Gasteiger partial charge is 0.486 e. The van der Waals surface area contributed by atoms with Gasteiger partial charge in [0.1, 0.15) is 6.10 Å². The van der Waals surface area contributed by atoms with Gasteiger partial charge in [0.2, 0.25) is 0 Å². The minimum atomic E-state index is -0.458. The lowest BCUT2D eigenvalue weighted by Crippen LogP contribution is -2.23. The average Bonchev–Trinajstić information content (AvgIpc) is 2.09. The van der Waals surface area contributed by atoms with Crippen molar-refractivity contribution >= 4 is 5.69 Å². The summed E-state index contributed by atoms with van der Waals surface area (Å²) in [6.07, 6.45) is -0.196.